The van der Waals surface area contributed by atoms with Gasteiger partial charge in [-0.1, -0.05) is 60.7 Å². The van der Waals surface area contributed by atoms with Crippen LogP contribution in [0.2, 0.25) is 0 Å². The molecule has 2 amide bonds. The minimum atomic E-state index is -1.39. The first-order valence-electron chi connectivity index (χ1n) is 11.9. The van der Waals surface area contributed by atoms with Crippen molar-refractivity contribution in [1.29, 1.82) is 0 Å². The van der Waals surface area contributed by atoms with Crippen molar-refractivity contribution in [2.24, 2.45) is 0 Å². The molecule has 4 atom stereocenters. The van der Waals surface area contributed by atoms with Gasteiger partial charge >= 0.3 is 12.2 Å². The van der Waals surface area contributed by atoms with E-state index in [1.54, 1.807) is 25.7 Å². The molecule has 2 aromatic carbocycles. The van der Waals surface area contributed by atoms with Crippen LogP contribution < -0.4 is 0 Å². The molecule has 2 aromatic rings. The number of hydrogen-bond donors (Lipinski definition) is 0. The van der Waals surface area contributed by atoms with Gasteiger partial charge in [-0.25, -0.2) is 14.0 Å². The fourth-order valence-corrected chi connectivity index (χ4v) is 4.92. The van der Waals surface area contributed by atoms with Gasteiger partial charge in [-0.15, -0.1) is 0 Å². The van der Waals surface area contributed by atoms with Crippen molar-refractivity contribution in [3.05, 3.63) is 71.8 Å². The van der Waals surface area contributed by atoms with E-state index in [2.05, 4.69) is 0 Å². The second-order valence-electron chi connectivity index (χ2n) is 10.1. The SMILES string of the molecule is CC(C)(C)OC(=O)N1[C@H]2CC[C@@H]1C(F)C(N(Cc1ccccc1)C(=O)OCc1ccccc1)C2. The monoisotopic (exact) mass is 468 g/mol. The zero-order chi connectivity index (χ0) is 24.3. The zero-order valence-corrected chi connectivity index (χ0v) is 20.0. The van der Waals surface area contributed by atoms with E-state index in [4.69, 9.17) is 9.47 Å². The first-order chi connectivity index (χ1) is 16.2. The lowest BCUT2D eigenvalue weighted by Crippen LogP contribution is -2.60. The van der Waals surface area contributed by atoms with Gasteiger partial charge in [-0.2, -0.15) is 0 Å². The zero-order valence-electron chi connectivity index (χ0n) is 20.0. The number of halogens is 1. The number of nitrogens with zero attached hydrogens (tertiary/aromatic N) is 2. The van der Waals surface area contributed by atoms with Crippen LogP contribution in [-0.4, -0.2) is 51.9 Å². The van der Waals surface area contributed by atoms with Gasteiger partial charge in [0.05, 0.1) is 12.1 Å². The summed E-state index contributed by atoms with van der Waals surface area (Å²) in [6, 6.07) is 17.5. The molecule has 2 unspecified atom stereocenters. The highest BCUT2D eigenvalue weighted by Crippen LogP contribution is 2.40. The smallest absolute Gasteiger partial charge is 0.410 e. The third-order valence-electron chi connectivity index (χ3n) is 6.44. The number of ether oxygens (including phenoxy) is 2. The van der Waals surface area contributed by atoms with Crippen molar-refractivity contribution in [3.8, 4) is 0 Å². The number of fused-ring (bicyclic) bond motifs is 2. The summed E-state index contributed by atoms with van der Waals surface area (Å²) in [6.45, 7) is 5.77. The predicted molar refractivity (Wildman–Crippen MR) is 127 cm³/mol. The minimum absolute atomic E-state index is 0.117. The van der Waals surface area contributed by atoms with Crippen LogP contribution in [0.4, 0.5) is 14.0 Å². The molecule has 2 fully saturated rings. The molecule has 0 spiro atoms. The normalized spacial score (nSPS) is 23.9. The lowest BCUT2D eigenvalue weighted by molar-refractivity contribution is -0.0341. The molecule has 4 rings (SSSR count). The van der Waals surface area contributed by atoms with E-state index < -0.39 is 36.0 Å². The minimum Gasteiger partial charge on any atom is -0.445 e. The Balaban J connectivity index is 1.53. The Bertz CT molecular complexity index is 979. The van der Waals surface area contributed by atoms with E-state index in [9.17, 15) is 9.59 Å². The summed E-state index contributed by atoms with van der Waals surface area (Å²) in [5.74, 6) is 0. The van der Waals surface area contributed by atoms with E-state index in [-0.39, 0.29) is 19.2 Å². The molecule has 0 N–H and O–H groups in total. The van der Waals surface area contributed by atoms with Crippen LogP contribution in [0.5, 0.6) is 0 Å². The van der Waals surface area contributed by atoms with Crippen molar-refractivity contribution in [2.75, 3.05) is 0 Å². The van der Waals surface area contributed by atoms with Crippen molar-refractivity contribution in [3.63, 3.8) is 0 Å². The highest BCUT2D eigenvalue weighted by atomic mass is 19.1. The third kappa shape index (κ3) is 5.51. The standard InChI is InChI=1S/C27H33FN2O4/c1-27(2,3)34-26(32)30-21-14-15-22(30)24(28)23(16-21)29(17-19-10-6-4-7-11-19)25(31)33-18-20-12-8-5-9-13-20/h4-13,21-24H,14-18H2,1-3H3/t21-,22+,23?,24?/m0/s1. The Kier molecular flexibility index (Phi) is 7.10. The van der Waals surface area contributed by atoms with Crippen molar-refractivity contribution >= 4 is 12.2 Å². The summed E-state index contributed by atoms with van der Waals surface area (Å²) < 4.78 is 27.1. The Morgan fingerprint density at radius 1 is 1.00 bits per heavy atom. The summed E-state index contributed by atoms with van der Waals surface area (Å²) in [4.78, 5) is 29.1. The molecular formula is C27H33FN2O4. The highest BCUT2D eigenvalue weighted by molar-refractivity contribution is 5.71. The van der Waals surface area contributed by atoms with Gasteiger partial charge in [0.15, 0.2) is 0 Å². The number of amides is 2. The lowest BCUT2D eigenvalue weighted by atomic mass is 9.94. The van der Waals surface area contributed by atoms with Crippen LogP contribution in [0.15, 0.2) is 60.7 Å². The predicted octanol–water partition coefficient (Wildman–Crippen LogP) is 5.70. The molecule has 7 heteroatoms. The number of alkyl halides is 1. The van der Waals surface area contributed by atoms with Gasteiger partial charge in [-0.3, -0.25) is 9.80 Å². The summed E-state index contributed by atoms with van der Waals surface area (Å²) in [5, 5.41) is 0. The van der Waals surface area contributed by atoms with Gasteiger partial charge in [0.1, 0.15) is 18.4 Å². The van der Waals surface area contributed by atoms with Crippen molar-refractivity contribution < 1.29 is 23.5 Å². The van der Waals surface area contributed by atoms with Gasteiger partial charge in [0.2, 0.25) is 0 Å². The molecular weight excluding hydrogens is 435 g/mol. The van der Waals surface area contributed by atoms with Gasteiger partial charge in [0.25, 0.3) is 0 Å². The maximum Gasteiger partial charge on any atom is 0.410 e. The number of carbonyl (C=O) groups is 2. The van der Waals surface area contributed by atoms with Crippen LogP contribution in [0.25, 0.3) is 0 Å². The quantitative estimate of drug-likeness (QED) is 0.565. The molecule has 2 bridgehead atoms. The molecule has 0 radical (unpaired) electrons. The van der Waals surface area contributed by atoms with Crippen LogP contribution in [0.3, 0.4) is 0 Å². The number of rotatable bonds is 5. The Morgan fingerprint density at radius 3 is 2.24 bits per heavy atom. The van der Waals surface area contributed by atoms with E-state index >= 15 is 4.39 Å². The molecule has 2 aliphatic rings. The van der Waals surface area contributed by atoms with Gasteiger partial charge in [-0.05, 0) is 51.2 Å². The van der Waals surface area contributed by atoms with Crippen LogP contribution >= 0.6 is 0 Å². The Morgan fingerprint density at radius 2 is 1.62 bits per heavy atom. The van der Waals surface area contributed by atoms with E-state index in [1.807, 2.05) is 60.7 Å². The van der Waals surface area contributed by atoms with Gasteiger partial charge in [0, 0.05) is 12.6 Å². The van der Waals surface area contributed by atoms with E-state index in [0.29, 0.717) is 19.3 Å². The average Bonchev–Trinajstić information content (AvgIpc) is 3.16. The molecule has 2 saturated heterocycles. The number of hydrogen-bond acceptors (Lipinski definition) is 4. The fourth-order valence-electron chi connectivity index (χ4n) is 4.92. The Labute approximate surface area is 200 Å². The van der Waals surface area contributed by atoms with Crippen molar-refractivity contribution in [2.45, 2.75) is 83.1 Å². The molecule has 0 aliphatic carbocycles. The molecule has 6 nitrogen and oxygen atoms in total. The number of benzene rings is 2. The third-order valence-corrected chi connectivity index (χ3v) is 6.44. The summed E-state index contributed by atoms with van der Waals surface area (Å²) in [6.07, 6.45) is -0.824. The molecule has 0 saturated carbocycles. The summed E-state index contributed by atoms with van der Waals surface area (Å²) in [5.41, 5.74) is 1.11. The molecule has 0 aromatic heterocycles. The van der Waals surface area contributed by atoms with Crippen molar-refractivity contribution in [1.82, 2.24) is 9.80 Å². The van der Waals surface area contributed by atoms with Crippen LogP contribution in [0.1, 0.15) is 51.2 Å². The molecule has 34 heavy (non-hydrogen) atoms. The molecule has 182 valence electrons. The van der Waals surface area contributed by atoms with Gasteiger partial charge < -0.3 is 9.47 Å². The number of piperidine rings is 1. The topological polar surface area (TPSA) is 59.1 Å². The van der Waals surface area contributed by atoms with Crippen LogP contribution in [-0.2, 0) is 22.6 Å². The number of carbonyl (C=O) groups excluding carboxylic acids is 2. The van der Waals surface area contributed by atoms with E-state index in [1.165, 1.54) is 4.90 Å². The summed E-state index contributed by atoms with van der Waals surface area (Å²) in [7, 11) is 0. The summed E-state index contributed by atoms with van der Waals surface area (Å²) >= 11 is 0. The average molecular weight is 469 g/mol. The fraction of sp³-hybridized carbons (Fsp3) is 0.481. The molecule has 2 aliphatic heterocycles. The van der Waals surface area contributed by atoms with E-state index in [0.717, 1.165) is 11.1 Å². The lowest BCUT2D eigenvalue weighted by Gasteiger charge is -2.45. The maximum atomic E-state index is 16.0. The largest absolute Gasteiger partial charge is 0.445 e. The van der Waals surface area contributed by atoms with Crippen LogP contribution in [0, 0.1) is 0 Å². The first-order valence-corrected chi connectivity index (χ1v) is 11.9. The highest BCUT2D eigenvalue weighted by Gasteiger charge is 2.53. The second kappa shape index (κ2) is 10.0. The molecule has 2 heterocycles. The maximum absolute atomic E-state index is 16.0. The Hall–Kier alpha value is -3.09. The second-order valence-corrected chi connectivity index (χ2v) is 10.1. The first kappa shape index (κ1) is 24.0.